The summed E-state index contributed by atoms with van der Waals surface area (Å²) in [5.74, 6) is -0.230. The lowest BCUT2D eigenvalue weighted by Crippen LogP contribution is -2.40. The van der Waals surface area contributed by atoms with Gasteiger partial charge in [0.1, 0.15) is 0 Å². The van der Waals surface area contributed by atoms with Crippen molar-refractivity contribution in [1.29, 1.82) is 0 Å². The molecular weight excluding hydrogens is 444 g/mol. The minimum atomic E-state index is -0.160. The van der Waals surface area contributed by atoms with E-state index in [1.165, 1.54) is 27.6 Å². The molecule has 2 amide bonds. The van der Waals surface area contributed by atoms with Crippen molar-refractivity contribution < 1.29 is 14.3 Å². The third kappa shape index (κ3) is 4.70. The van der Waals surface area contributed by atoms with Crippen LogP contribution < -0.4 is 5.32 Å². The first-order valence-electron chi connectivity index (χ1n) is 9.98. The standard InChI is InChI=1S/C20H25ClN4O3S2/c1-24-7-5-14-15(6-8-24)30-19(23-14)20(27)25-10-12(9-13(25)11-28-2)22-18(26)16-3-4-17(21)29-16/h3-4,12-13H,5-11H2,1-2H3,(H,22,26)/t12-,13+/m1/s1. The molecule has 4 heterocycles. The number of likely N-dealkylation sites (N-methyl/N-ethyl adjacent to an activating group) is 1. The van der Waals surface area contributed by atoms with Crippen LogP contribution >= 0.6 is 34.3 Å². The Kier molecular flexibility index (Phi) is 6.74. The van der Waals surface area contributed by atoms with Crippen molar-refractivity contribution in [2.45, 2.75) is 31.3 Å². The monoisotopic (exact) mass is 468 g/mol. The van der Waals surface area contributed by atoms with Crippen LogP contribution in [0.2, 0.25) is 4.34 Å². The van der Waals surface area contributed by atoms with Gasteiger partial charge in [0.25, 0.3) is 11.8 Å². The molecule has 0 aromatic carbocycles. The molecule has 0 spiro atoms. The van der Waals surface area contributed by atoms with Gasteiger partial charge in [-0.15, -0.1) is 22.7 Å². The summed E-state index contributed by atoms with van der Waals surface area (Å²) >= 11 is 8.70. The van der Waals surface area contributed by atoms with Crippen LogP contribution in [0.5, 0.6) is 0 Å². The minimum absolute atomic E-state index is 0.0700. The van der Waals surface area contributed by atoms with Gasteiger partial charge >= 0.3 is 0 Å². The Hall–Kier alpha value is -1.52. The van der Waals surface area contributed by atoms with Gasteiger partial charge in [-0.3, -0.25) is 9.59 Å². The Morgan fingerprint density at radius 3 is 2.83 bits per heavy atom. The van der Waals surface area contributed by atoms with Gasteiger partial charge in [-0.1, -0.05) is 11.6 Å². The van der Waals surface area contributed by atoms with Crippen LogP contribution in [-0.4, -0.2) is 79.1 Å². The second-order valence-corrected chi connectivity index (χ2v) is 10.6. The van der Waals surface area contributed by atoms with Crippen molar-refractivity contribution in [1.82, 2.24) is 20.1 Å². The third-order valence-corrected chi connectivity index (χ3v) is 7.95. The van der Waals surface area contributed by atoms with Crippen LogP contribution in [0.25, 0.3) is 0 Å². The summed E-state index contributed by atoms with van der Waals surface area (Å²) < 4.78 is 5.93. The predicted molar refractivity (Wildman–Crippen MR) is 119 cm³/mol. The third-order valence-electron chi connectivity index (χ3n) is 5.58. The van der Waals surface area contributed by atoms with Crippen LogP contribution in [-0.2, 0) is 17.6 Å². The van der Waals surface area contributed by atoms with Crippen LogP contribution in [0, 0.1) is 0 Å². The first-order chi connectivity index (χ1) is 14.4. The molecule has 2 aliphatic heterocycles. The van der Waals surface area contributed by atoms with Crippen molar-refractivity contribution >= 4 is 46.1 Å². The number of aromatic nitrogens is 1. The summed E-state index contributed by atoms with van der Waals surface area (Å²) in [6.45, 7) is 2.82. The fraction of sp³-hybridized carbons (Fsp3) is 0.550. The highest BCUT2D eigenvalue weighted by Gasteiger charge is 2.38. The van der Waals surface area contributed by atoms with Crippen LogP contribution in [0.3, 0.4) is 0 Å². The number of hydrogen-bond donors (Lipinski definition) is 1. The molecule has 1 saturated heterocycles. The van der Waals surface area contributed by atoms with Gasteiger partial charge < -0.3 is 19.9 Å². The van der Waals surface area contributed by atoms with Crippen LogP contribution in [0.1, 0.15) is 36.5 Å². The van der Waals surface area contributed by atoms with E-state index >= 15 is 0 Å². The second-order valence-electron chi connectivity index (χ2n) is 7.77. The van der Waals surface area contributed by atoms with E-state index in [-0.39, 0.29) is 23.9 Å². The minimum Gasteiger partial charge on any atom is -0.383 e. The van der Waals surface area contributed by atoms with E-state index in [1.807, 2.05) is 0 Å². The number of carbonyl (C=O) groups excluding carboxylic acids is 2. The van der Waals surface area contributed by atoms with E-state index in [1.54, 1.807) is 24.1 Å². The highest BCUT2D eigenvalue weighted by atomic mass is 35.5. The summed E-state index contributed by atoms with van der Waals surface area (Å²) in [6.07, 6.45) is 2.46. The summed E-state index contributed by atoms with van der Waals surface area (Å²) in [4.78, 5) is 36.4. The highest BCUT2D eigenvalue weighted by Crippen LogP contribution is 2.28. The molecule has 10 heteroatoms. The average Bonchev–Trinajstić information content (AvgIpc) is 3.41. The summed E-state index contributed by atoms with van der Waals surface area (Å²) in [6, 6.07) is 3.21. The Labute approximate surface area is 189 Å². The molecule has 0 unspecified atom stereocenters. The molecule has 30 heavy (non-hydrogen) atoms. The SMILES string of the molecule is COC[C@@H]1C[C@@H](NC(=O)c2ccc(Cl)s2)CN1C(=O)c1nc2c(s1)CCN(C)CC2. The highest BCUT2D eigenvalue weighted by molar-refractivity contribution is 7.18. The number of halogens is 1. The number of nitrogens with zero attached hydrogens (tertiary/aromatic N) is 3. The molecule has 4 rings (SSSR count). The molecule has 0 aliphatic carbocycles. The van der Waals surface area contributed by atoms with Gasteiger partial charge in [-0.05, 0) is 32.0 Å². The molecule has 0 radical (unpaired) electrons. The molecule has 7 nitrogen and oxygen atoms in total. The maximum absolute atomic E-state index is 13.3. The number of hydrogen-bond acceptors (Lipinski definition) is 7. The van der Waals surface area contributed by atoms with Gasteiger partial charge in [0.15, 0.2) is 5.01 Å². The Bertz CT molecular complexity index is 906. The van der Waals surface area contributed by atoms with Crippen LogP contribution in [0.15, 0.2) is 12.1 Å². The predicted octanol–water partition coefficient (Wildman–Crippen LogP) is 2.55. The molecule has 2 aromatic rings. The first-order valence-corrected chi connectivity index (χ1v) is 12.0. The molecule has 1 N–H and O–H groups in total. The molecule has 2 aromatic heterocycles. The lowest BCUT2D eigenvalue weighted by Gasteiger charge is -2.22. The summed E-state index contributed by atoms with van der Waals surface area (Å²) in [7, 11) is 3.74. The fourth-order valence-electron chi connectivity index (χ4n) is 4.00. The first kappa shape index (κ1) is 21.7. The zero-order valence-corrected chi connectivity index (χ0v) is 19.4. The quantitative estimate of drug-likeness (QED) is 0.729. The van der Waals surface area contributed by atoms with Crippen molar-refractivity contribution in [2.75, 3.05) is 40.4 Å². The van der Waals surface area contributed by atoms with Gasteiger partial charge in [0.05, 0.1) is 27.6 Å². The number of thiazole rings is 1. The van der Waals surface area contributed by atoms with Crippen molar-refractivity contribution in [2.24, 2.45) is 0 Å². The van der Waals surface area contributed by atoms with Crippen LogP contribution in [0.4, 0.5) is 0 Å². The summed E-state index contributed by atoms with van der Waals surface area (Å²) in [5.41, 5.74) is 1.05. The number of fused-ring (bicyclic) bond motifs is 1. The Morgan fingerprint density at radius 2 is 2.10 bits per heavy atom. The topological polar surface area (TPSA) is 74.8 Å². The van der Waals surface area contributed by atoms with E-state index in [4.69, 9.17) is 16.3 Å². The van der Waals surface area contributed by atoms with Gasteiger partial charge in [0.2, 0.25) is 0 Å². The zero-order chi connectivity index (χ0) is 21.3. The molecular formula is C20H25ClN4O3S2. The Balaban J connectivity index is 1.46. The van der Waals surface area contributed by atoms with Gasteiger partial charge in [-0.2, -0.15) is 0 Å². The van der Waals surface area contributed by atoms with Gasteiger partial charge in [0, 0.05) is 44.1 Å². The van der Waals surface area contributed by atoms with E-state index in [2.05, 4.69) is 22.2 Å². The fourth-order valence-corrected chi connectivity index (χ4v) is 6.00. The maximum atomic E-state index is 13.3. The second kappa shape index (κ2) is 9.32. The van der Waals surface area contributed by atoms with E-state index in [0.29, 0.717) is 33.8 Å². The Morgan fingerprint density at radius 1 is 1.30 bits per heavy atom. The molecule has 0 bridgehead atoms. The van der Waals surface area contributed by atoms with Gasteiger partial charge in [-0.25, -0.2) is 4.98 Å². The summed E-state index contributed by atoms with van der Waals surface area (Å²) in [5, 5.41) is 3.58. The number of likely N-dealkylation sites (tertiary alicyclic amines) is 1. The number of amides is 2. The number of nitrogens with one attached hydrogen (secondary N) is 1. The molecule has 1 fully saturated rings. The molecule has 2 atom stereocenters. The number of rotatable bonds is 5. The van der Waals surface area contributed by atoms with E-state index in [9.17, 15) is 9.59 Å². The lowest BCUT2D eigenvalue weighted by atomic mass is 10.2. The average molecular weight is 469 g/mol. The normalized spacial score (nSPS) is 22.0. The van der Waals surface area contributed by atoms with Crippen molar-refractivity contribution in [3.05, 3.63) is 36.9 Å². The number of thiophene rings is 1. The number of ether oxygens (including phenoxy) is 1. The molecule has 162 valence electrons. The van der Waals surface area contributed by atoms with Crippen molar-refractivity contribution in [3.8, 4) is 0 Å². The zero-order valence-electron chi connectivity index (χ0n) is 17.0. The van der Waals surface area contributed by atoms with E-state index < -0.39 is 0 Å². The van der Waals surface area contributed by atoms with Crippen molar-refractivity contribution in [3.63, 3.8) is 0 Å². The lowest BCUT2D eigenvalue weighted by molar-refractivity contribution is 0.0628. The number of methoxy groups -OCH3 is 1. The number of carbonyl (C=O) groups is 2. The molecule has 2 aliphatic rings. The molecule has 0 saturated carbocycles. The van der Waals surface area contributed by atoms with E-state index in [0.717, 1.165) is 31.6 Å². The smallest absolute Gasteiger partial charge is 0.283 e. The largest absolute Gasteiger partial charge is 0.383 e. The maximum Gasteiger partial charge on any atom is 0.283 e.